The third-order valence-electron chi connectivity index (χ3n) is 6.30. The summed E-state index contributed by atoms with van der Waals surface area (Å²) in [5.41, 5.74) is 5.53. The summed E-state index contributed by atoms with van der Waals surface area (Å²) in [5.74, 6) is 2.65. The van der Waals surface area contributed by atoms with Gasteiger partial charge in [-0.1, -0.05) is 0 Å². The van der Waals surface area contributed by atoms with Crippen LogP contribution in [-0.2, 0) is 26.4 Å². The third-order valence-corrected chi connectivity index (χ3v) is 6.30. The molecule has 6 heteroatoms. The fourth-order valence-corrected chi connectivity index (χ4v) is 5.11. The first-order chi connectivity index (χ1) is 12.2. The maximum absolute atomic E-state index is 4.73. The van der Waals surface area contributed by atoms with Gasteiger partial charge in [0.15, 0.2) is 0 Å². The first-order valence-electron chi connectivity index (χ1n) is 9.46. The topological polar surface area (TPSA) is 50.1 Å². The van der Waals surface area contributed by atoms with E-state index in [0.29, 0.717) is 0 Å². The largest absolute Gasteiger partial charge is 0.356 e. The van der Waals surface area contributed by atoms with Crippen molar-refractivity contribution in [2.45, 2.75) is 32.7 Å². The Balaban J connectivity index is 1.27. The zero-order valence-electron chi connectivity index (χ0n) is 15.1. The average molecular weight is 338 g/mol. The summed E-state index contributed by atoms with van der Waals surface area (Å²) in [7, 11) is 2.12. The summed E-state index contributed by atoms with van der Waals surface area (Å²) in [5, 5.41) is 4.73. The molecule has 2 aromatic heterocycles. The molecule has 25 heavy (non-hydrogen) atoms. The lowest BCUT2D eigenvalue weighted by Crippen LogP contribution is -2.30. The maximum atomic E-state index is 4.73. The molecule has 2 aliphatic heterocycles. The number of anilines is 1. The van der Waals surface area contributed by atoms with Crippen LogP contribution in [0.1, 0.15) is 28.9 Å². The minimum Gasteiger partial charge on any atom is -0.356 e. The van der Waals surface area contributed by atoms with Crippen LogP contribution in [0.5, 0.6) is 0 Å². The van der Waals surface area contributed by atoms with Gasteiger partial charge in [-0.25, -0.2) is 9.97 Å². The number of aryl methyl sites for hydroxylation is 3. The molecule has 0 aromatic carbocycles. The van der Waals surface area contributed by atoms with Gasteiger partial charge in [0.2, 0.25) is 0 Å². The minimum atomic E-state index is 0.760. The summed E-state index contributed by atoms with van der Waals surface area (Å²) >= 11 is 0. The van der Waals surface area contributed by atoms with Crippen LogP contribution in [0.3, 0.4) is 0 Å². The van der Waals surface area contributed by atoms with E-state index in [9.17, 15) is 0 Å². The van der Waals surface area contributed by atoms with E-state index in [1.807, 2.05) is 6.20 Å². The Morgan fingerprint density at radius 3 is 2.68 bits per heavy atom. The highest BCUT2D eigenvalue weighted by Crippen LogP contribution is 2.35. The van der Waals surface area contributed by atoms with Crippen LogP contribution in [0.4, 0.5) is 5.82 Å². The van der Waals surface area contributed by atoms with Crippen molar-refractivity contribution >= 4 is 5.82 Å². The first-order valence-corrected chi connectivity index (χ1v) is 9.46. The van der Waals surface area contributed by atoms with Crippen molar-refractivity contribution in [1.29, 1.82) is 0 Å². The van der Waals surface area contributed by atoms with Gasteiger partial charge in [0.1, 0.15) is 12.1 Å². The molecule has 5 rings (SSSR count). The summed E-state index contributed by atoms with van der Waals surface area (Å²) in [4.78, 5) is 13.7. The van der Waals surface area contributed by atoms with Crippen LogP contribution in [0.15, 0.2) is 12.5 Å². The average Bonchev–Trinajstić information content (AvgIpc) is 3.31. The highest BCUT2D eigenvalue weighted by atomic mass is 15.3. The Morgan fingerprint density at radius 1 is 1.12 bits per heavy atom. The van der Waals surface area contributed by atoms with Crippen LogP contribution in [-0.4, -0.2) is 50.8 Å². The van der Waals surface area contributed by atoms with Crippen molar-refractivity contribution in [2.24, 2.45) is 18.9 Å². The van der Waals surface area contributed by atoms with Gasteiger partial charge in [-0.3, -0.25) is 9.58 Å². The zero-order valence-corrected chi connectivity index (χ0v) is 15.1. The molecule has 0 saturated carbocycles. The summed E-state index contributed by atoms with van der Waals surface area (Å²) in [6.45, 7) is 7.83. The second-order valence-corrected chi connectivity index (χ2v) is 8.00. The van der Waals surface area contributed by atoms with Crippen LogP contribution in [0.2, 0.25) is 0 Å². The molecule has 2 aromatic rings. The number of hydrogen-bond acceptors (Lipinski definition) is 5. The highest BCUT2D eigenvalue weighted by molar-refractivity contribution is 5.46. The molecule has 2 fully saturated rings. The van der Waals surface area contributed by atoms with E-state index in [-0.39, 0.29) is 0 Å². The molecule has 0 bridgehead atoms. The van der Waals surface area contributed by atoms with Gasteiger partial charge in [-0.05, 0) is 43.6 Å². The lowest BCUT2D eigenvalue weighted by molar-refractivity contribution is 0.299. The van der Waals surface area contributed by atoms with Gasteiger partial charge in [0, 0.05) is 51.5 Å². The Hall–Kier alpha value is -1.95. The first kappa shape index (κ1) is 15.3. The summed E-state index contributed by atoms with van der Waals surface area (Å²) in [6, 6.07) is 0. The number of aromatic nitrogens is 4. The SMILES string of the molecule is Cc1cncnc1N1CC2CN(Cc3c4c(nn3C)CCC4)CC2C1. The summed E-state index contributed by atoms with van der Waals surface area (Å²) < 4.78 is 2.13. The monoisotopic (exact) mass is 338 g/mol. The van der Waals surface area contributed by atoms with Gasteiger partial charge >= 0.3 is 0 Å². The molecule has 2 saturated heterocycles. The molecular formula is C19H26N6. The molecule has 1 aliphatic carbocycles. The molecule has 4 heterocycles. The van der Waals surface area contributed by atoms with E-state index in [1.165, 1.54) is 54.9 Å². The van der Waals surface area contributed by atoms with Crippen LogP contribution < -0.4 is 4.90 Å². The molecule has 6 nitrogen and oxygen atoms in total. The fraction of sp³-hybridized carbons (Fsp3) is 0.632. The minimum absolute atomic E-state index is 0.760. The number of fused-ring (bicyclic) bond motifs is 2. The molecule has 2 atom stereocenters. The van der Waals surface area contributed by atoms with Crippen LogP contribution in [0.25, 0.3) is 0 Å². The Morgan fingerprint density at radius 2 is 1.92 bits per heavy atom. The molecular weight excluding hydrogens is 312 g/mol. The maximum Gasteiger partial charge on any atom is 0.134 e. The van der Waals surface area contributed by atoms with Gasteiger partial charge in [0.25, 0.3) is 0 Å². The molecule has 0 spiro atoms. The third kappa shape index (κ3) is 2.54. The van der Waals surface area contributed by atoms with Crippen LogP contribution >= 0.6 is 0 Å². The second kappa shape index (κ2) is 5.80. The van der Waals surface area contributed by atoms with E-state index < -0.39 is 0 Å². The van der Waals surface area contributed by atoms with Gasteiger partial charge in [0.05, 0.1) is 11.4 Å². The Kier molecular flexibility index (Phi) is 3.55. The van der Waals surface area contributed by atoms with Crippen molar-refractivity contribution in [1.82, 2.24) is 24.6 Å². The highest BCUT2D eigenvalue weighted by Gasteiger charge is 2.41. The molecule has 132 valence electrons. The van der Waals surface area contributed by atoms with Crippen molar-refractivity contribution in [3.05, 3.63) is 35.0 Å². The molecule has 3 aliphatic rings. The molecule has 2 unspecified atom stereocenters. The Bertz CT molecular complexity index is 783. The fourth-order valence-electron chi connectivity index (χ4n) is 5.11. The van der Waals surface area contributed by atoms with Gasteiger partial charge < -0.3 is 4.90 Å². The van der Waals surface area contributed by atoms with Gasteiger partial charge in [-0.15, -0.1) is 0 Å². The van der Waals surface area contributed by atoms with Crippen molar-refractivity contribution < 1.29 is 0 Å². The van der Waals surface area contributed by atoms with E-state index >= 15 is 0 Å². The standard InChI is InChI=1S/C19H26N6/c1-13-6-20-12-21-19(13)25-9-14-7-24(8-15(14)10-25)11-18-16-4-3-5-17(16)22-23(18)2/h6,12,14-15H,3-5,7-11H2,1-2H3. The Labute approximate surface area is 148 Å². The van der Waals surface area contributed by atoms with E-state index in [4.69, 9.17) is 5.10 Å². The van der Waals surface area contributed by atoms with E-state index in [1.54, 1.807) is 6.33 Å². The van der Waals surface area contributed by atoms with Crippen molar-refractivity contribution in [2.75, 3.05) is 31.1 Å². The van der Waals surface area contributed by atoms with Crippen LogP contribution in [0, 0.1) is 18.8 Å². The lowest BCUT2D eigenvalue weighted by Gasteiger charge is -2.23. The predicted octanol–water partition coefficient (Wildman–Crippen LogP) is 1.58. The van der Waals surface area contributed by atoms with E-state index in [0.717, 1.165) is 37.3 Å². The smallest absolute Gasteiger partial charge is 0.134 e. The lowest BCUT2D eigenvalue weighted by atomic mass is 10.0. The number of rotatable bonds is 3. The van der Waals surface area contributed by atoms with Crippen molar-refractivity contribution in [3.63, 3.8) is 0 Å². The van der Waals surface area contributed by atoms with Crippen molar-refractivity contribution in [3.8, 4) is 0 Å². The normalized spacial score (nSPS) is 25.6. The number of nitrogens with zero attached hydrogens (tertiary/aromatic N) is 6. The number of likely N-dealkylation sites (tertiary alicyclic amines) is 1. The molecule has 0 radical (unpaired) electrons. The second-order valence-electron chi connectivity index (χ2n) is 8.00. The predicted molar refractivity (Wildman–Crippen MR) is 96.5 cm³/mol. The van der Waals surface area contributed by atoms with E-state index in [2.05, 4.69) is 38.4 Å². The molecule has 0 N–H and O–H groups in total. The molecule has 0 amide bonds. The number of hydrogen-bond donors (Lipinski definition) is 0. The zero-order chi connectivity index (χ0) is 17.0. The van der Waals surface area contributed by atoms with Gasteiger partial charge in [-0.2, -0.15) is 5.10 Å². The summed E-state index contributed by atoms with van der Waals surface area (Å²) in [6.07, 6.45) is 7.27. The quantitative estimate of drug-likeness (QED) is 0.850.